The molecule has 0 amide bonds. The molecule has 20 heavy (non-hydrogen) atoms. The highest BCUT2D eigenvalue weighted by Crippen LogP contribution is 2.22. The number of benzene rings is 2. The SMILES string of the molecule is Cc1cccc(CNC(C)c2cc(C)c(C)cc2C)c1. The Morgan fingerprint density at radius 1 is 0.900 bits per heavy atom. The van der Waals surface area contributed by atoms with Crippen LogP contribution in [0.15, 0.2) is 36.4 Å². The van der Waals surface area contributed by atoms with Crippen LogP contribution in [0.1, 0.15) is 46.3 Å². The van der Waals surface area contributed by atoms with Crippen molar-refractivity contribution in [2.75, 3.05) is 0 Å². The van der Waals surface area contributed by atoms with Gasteiger partial charge in [0.2, 0.25) is 0 Å². The molecule has 1 N–H and O–H groups in total. The first-order valence-corrected chi connectivity index (χ1v) is 7.34. The summed E-state index contributed by atoms with van der Waals surface area (Å²) in [6.45, 7) is 11.9. The third-order valence-electron chi connectivity index (χ3n) is 4.04. The van der Waals surface area contributed by atoms with Crippen LogP contribution in [0.5, 0.6) is 0 Å². The first kappa shape index (κ1) is 14.8. The largest absolute Gasteiger partial charge is 0.306 e. The zero-order valence-electron chi connectivity index (χ0n) is 13.2. The van der Waals surface area contributed by atoms with Gasteiger partial charge in [-0.2, -0.15) is 0 Å². The molecule has 0 aliphatic carbocycles. The Hall–Kier alpha value is -1.60. The minimum Gasteiger partial charge on any atom is -0.306 e. The van der Waals surface area contributed by atoms with Gasteiger partial charge in [-0.15, -0.1) is 0 Å². The van der Waals surface area contributed by atoms with E-state index >= 15 is 0 Å². The van der Waals surface area contributed by atoms with E-state index in [1.165, 1.54) is 33.4 Å². The molecule has 2 aromatic rings. The maximum absolute atomic E-state index is 3.63. The van der Waals surface area contributed by atoms with Crippen molar-refractivity contribution in [2.45, 2.75) is 47.2 Å². The Balaban J connectivity index is 2.09. The fourth-order valence-electron chi connectivity index (χ4n) is 2.65. The lowest BCUT2D eigenvalue weighted by Gasteiger charge is -2.18. The van der Waals surface area contributed by atoms with Gasteiger partial charge in [0.1, 0.15) is 0 Å². The molecule has 0 radical (unpaired) electrons. The van der Waals surface area contributed by atoms with Crippen molar-refractivity contribution < 1.29 is 0 Å². The van der Waals surface area contributed by atoms with Crippen LogP contribution < -0.4 is 5.32 Å². The summed E-state index contributed by atoms with van der Waals surface area (Å²) >= 11 is 0. The molecule has 0 aliphatic rings. The summed E-state index contributed by atoms with van der Waals surface area (Å²) in [4.78, 5) is 0. The molecule has 0 saturated heterocycles. The second kappa shape index (κ2) is 6.23. The molecule has 0 spiro atoms. The Bertz CT molecular complexity index is 599. The van der Waals surface area contributed by atoms with Gasteiger partial charge < -0.3 is 5.32 Å². The van der Waals surface area contributed by atoms with Crippen LogP contribution in [-0.4, -0.2) is 0 Å². The summed E-state index contributed by atoms with van der Waals surface area (Å²) in [6.07, 6.45) is 0. The van der Waals surface area contributed by atoms with Crippen LogP contribution in [0, 0.1) is 27.7 Å². The van der Waals surface area contributed by atoms with Gasteiger partial charge in [0.25, 0.3) is 0 Å². The second-order valence-corrected chi connectivity index (χ2v) is 5.88. The van der Waals surface area contributed by atoms with Gasteiger partial charge in [0, 0.05) is 12.6 Å². The average Bonchev–Trinajstić information content (AvgIpc) is 2.40. The van der Waals surface area contributed by atoms with Crippen LogP contribution in [0.3, 0.4) is 0 Å². The lowest BCUT2D eigenvalue weighted by atomic mass is 9.96. The Kier molecular flexibility index (Phi) is 4.61. The van der Waals surface area contributed by atoms with Crippen molar-refractivity contribution in [1.29, 1.82) is 0 Å². The summed E-state index contributed by atoms with van der Waals surface area (Å²) in [6, 6.07) is 13.7. The normalized spacial score (nSPS) is 12.4. The quantitative estimate of drug-likeness (QED) is 0.841. The number of hydrogen-bond acceptors (Lipinski definition) is 1. The predicted molar refractivity (Wildman–Crippen MR) is 87.1 cm³/mol. The van der Waals surface area contributed by atoms with E-state index in [0.29, 0.717) is 6.04 Å². The second-order valence-electron chi connectivity index (χ2n) is 5.88. The molecule has 1 heteroatoms. The Labute approximate surface area is 123 Å². The summed E-state index contributed by atoms with van der Waals surface area (Å²) in [5.74, 6) is 0. The maximum atomic E-state index is 3.63. The summed E-state index contributed by atoms with van der Waals surface area (Å²) in [7, 11) is 0. The van der Waals surface area contributed by atoms with E-state index in [4.69, 9.17) is 0 Å². The van der Waals surface area contributed by atoms with Gasteiger partial charge in [0.05, 0.1) is 0 Å². The van der Waals surface area contributed by atoms with Crippen molar-refractivity contribution in [2.24, 2.45) is 0 Å². The number of nitrogens with one attached hydrogen (secondary N) is 1. The van der Waals surface area contributed by atoms with Crippen LogP contribution in [0.2, 0.25) is 0 Å². The zero-order chi connectivity index (χ0) is 14.7. The highest BCUT2D eigenvalue weighted by Gasteiger charge is 2.09. The molecule has 0 fully saturated rings. The lowest BCUT2D eigenvalue weighted by Crippen LogP contribution is -2.19. The third kappa shape index (κ3) is 3.49. The molecule has 0 bridgehead atoms. The maximum Gasteiger partial charge on any atom is 0.0297 e. The van der Waals surface area contributed by atoms with Crippen LogP contribution in [0.4, 0.5) is 0 Å². The van der Waals surface area contributed by atoms with Crippen LogP contribution in [0.25, 0.3) is 0 Å². The fourth-order valence-corrected chi connectivity index (χ4v) is 2.65. The lowest BCUT2D eigenvalue weighted by molar-refractivity contribution is 0.571. The molecule has 2 aromatic carbocycles. The van der Waals surface area contributed by atoms with E-state index < -0.39 is 0 Å². The fraction of sp³-hybridized carbons (Fsp3) is 0.368. The van der Waals surface area contributed by atoms with E-state index in [1.807, 2.05) is 0 Å². The number of aryl methyl sites for hydroxylation is 4. The van der Waals surface area contributed by atoms with Crippen LogP contribution in [-0.2, 0) is 6.54 Å². The summed E-state index contributed by atoms with van der Waals surface area (Å²) < 4.78 is 0. The first-order valence-electron chi connectivity index (χ1n) is 7.34. The smallest absolute Gasteiger partial charge is 0.0297 e. The highest BCUT2D eigenvalue weighted by molar-refractivity contribution is 5.38. The average molecular weight is 267 g/mol. The van der Waals surface area contributed by atoms with Gasteiger partial charge in [-0.05, 0) is 62.4 Å². The van der Waals surface area contributed by atoms with Crippen molar-refractivity contribution in [3.8, 4) is 0 Å². The highest BCUT2D eigenvalue weighted by atomic mass is 14.9. The van der Waals surface area contributed by atoms with Gasteiger partial charge in [-0.25, -0.2) is 0 Å². The van der Waals surface area contributed by atoms with E-state index in [2.05, 4.69) is 76.3 Å². The minimum absolute atomic E-state index is 0.370. The van der Waals surface area contributed by atoms with Crippen molar-refractivity contribution in [3.05, 3.63) is 69.8 Å². The third-order valence-corrected chi connectivity index (χ3v) is 4.04. The van der Waals surface area contributed by atoms with E-state index in [0.717, 1.165) is 6.54 Å². The summed E-state index contributed by atoms with van der Waals surface area (Å²) in [5.41, 5.74) is 8.18. The Morgan fingerprint density at radius 2 is 1.60 bits per heavy atom. The Morgan fingerprint density at radius 3 is 2.30 bits per heavy atom. The topological polar surface area (TPSA) is 12.0 Å². The molecule has 1 nitrogen and oxygen atoms in total. The molecule has 1 atom stereocenters. The van der Waals surface area contributed by atoms with Gasteiger partial charge in [0.15, 0.2) is 0 Å². The number of hydrogen-bond donors (Lipinski definition) is 1. The van der Waals surface area contributed by atoms with Crippen LogP contribution >= 0.6 is 0 Å². The molecule has 1 unspecified atom stereocenters. The molecule has 0 heterocycles. The summed E-state index contributed by atoms with van der Waals surface area (Å²) in [5, 5.41) is 3.63. The predicted octanol–water partition coefficient (Wildman–Crippen LogP) is 4.77. The van der Waals surface area contributed by atoms with Gasteiger partial charge in [-0.3, -0.25) is 0 Å². The monoisotopic (exact) mass is 267 g/mol. The zero-order valence-corrected chi connectivity index (χ0v) is 13.2. The van der Waals surface area contributed by atoms with Crippen molar-refractivity contribution in [3.63, 3.8) is 0 Å². The molecule has 106 valence electrons. The molecule has 2 rings (SSSR count). The van der Waals surface area contributed by atoms with E-state index in [-0.39, 0.29) is 0 Å². The molecule has 0 saturated carbocycles. The van der Waals surface area contributed by atoms with Gasteiger partial charge >= 0.3 is 0 Å². The van der Waals surface area contributed by atoms with Crippen molar-refractivity contribution >= 4 is 0 Å². The van der Waals surface area contributed by atoms with Crippen molar-refractivity contribution in [1.82, 2.24) is 5.32 Å². The minimum atomic E-state index is 0.370. The van der Waals surface area contributed by atoms with E-state index in [9.17, 15) is 0 Å². The number of rotatable bonds is 4. The standard InChI is InChI=1S/C19H25N/c1-13-7-6-8-18(9-13)12-20-17(5)19-11-15(3)14(2)10-16(19)4/h6-11,17,20H,12H2,1-5H3. The molecular formula is C19H25N. The molecule has 0 aromatic heterocycles. The van der Waals surface area contributed by atoms with E-state index in [1.54, 1.807) is 0 Å². The van der Waals surface area contributed by atoms with Gasteiger partial charge in [-0.1, -0.05) is 42.0 Å². The molecular weight excluding hydrogens is 242 g/mol. The molecule has 0 aliphatic heterocycles. The first-order chi connectivity index (χ1) is 9.47.